The lowest BCUT2D eigenvalue weighted by atomic mass is 9.62. The fourth-order valence-corrected chi connectivity index (χ4v) is 4.71. The van der Waals surface area contributed by atoms with Crippen LogP contribution in [-0.4, -0.2) is 3.42 Å². The third-order valence-electron chi connectivity index (χ3n) is 2.75. The molecule has 0 radical (unpaired) electrons. The van der Waals surface area contributed by atoms with Crippen LogP contribution in [0.15, 0.2) is 0 Å². The van der Waals surface area contributed by atoms with Crippen molar-refractivity contribution in [3.8, 4) is 0 Å². The topological polar surface area (TPSA) is 0 Å². The quantitative estimate of drug-likeness (QED) is 0.495. The maximum atomic E-state index is 2.62. The van der Waals surface area contributed by atoms with Gasteiger partial charge in [0.15, 0.2) is 0 Å². The summed E-state index contributed by atoms with van der Waals surface area (Å²) in [7, 11) is 0. The van der Waals surface area contributed by atoms with Gasteiger partial charge in [-0.25, -0.2) is 0 Å². The lowest BCUT2D eigenvalue weighted by Gasteiger charge is -2.51. The van der Waals surface area contributed by atoms with E-state index in [0.29, 0.717) is 3.42 Å². The van der Waals surface area contributed by atoms with E-state index < -0.39 is 0 Å². The van der Waals surface area contributed by atoms with Crippen molar-refractivity contribution in [2.75, 3.05) is 0 Å². The fraction of sp³-hybridized carbons (Fsp3) is 1.00. The van der Waals surface area contributed by atoms with Crippen molar-refractivity contribution in [3.63, 3.8) is 0 Å². The van der Waals surface area contributed by atoms with Crippen molar-refractivity contribution in [2.24, 2.45) is 17.8 Å². The summed E-state index contributed by atoms with van der Waals surface area (Å²) < 4.78 is 0.603. The molecular formula is C9H17I. The molecule has 60 valence electrons. The van der Waals surface area contributed by atoms with Crippen LogP contribution in [0.25, 0.3) is 0 Å². The smallest absolute Gasteiger partial charge is 0.0230 e. The van der Waals surface area contributed by atoms with Crippen LogP contribution in [0, 0.1) is 17.8 Å². The van der Waals surface area contributed by atoms with Crippen LogP contribution in [0.5, 0.6) is 0 Å². The number of hydrogen-bond donors (Lipinski definition) is 0. The zero-order chi connectivity index (χ0) is 7.94. The Morgan fingerprint density at radius 3 is 2.10 bits per heavy atom. The average Bonchev–Trinajstić information content (AvgIpc) is 1.58. The summed E-state index contributed by atoms with van der Waals surface area (Å²) in [6.07, 6.45) is 1.41. The fourth-order valence-electron chi connectivity index (χ4n) is 2.68. The molecule has 0 bridgehead atoms. The Morgan fingerprint density at radius 2 is 2.00 bits per heavy atom. The lowest BCUT2D eigenvalue weighted by molar-refractivity contribution is 0.0983. The molecule has 0 heterocycles. The molecule has 0 aromatic rings. The van der Waals surface area contributed by atoms with Crippen molar-refractivity contribution in [2.45, 2.75) is 37.5 Å². The number of hydrogen-bond acceptors (Lipinski definition) is 0. The molecule has 0 aromatic heterocycles. The monoisotopic (exact) mass is 252 g/mol. The van der Waals surface area contributed by atoms with E-state index in [1.54, 1.807) is 0 Å². The van der Waals surface area contributed by atoms with Gasteiger partial charge in [0, 0.05) is 3.42 Å². The lowest BCUT2D eigenvalue weighted by Crippen LogP contribution is -2.48. The van der Waals surface area contributed by atoms with Gasteiger partial charge in [0.2, 0.25) is 0 Å². The predicted molar refractivity (Wildman–Crippen MR) is 54.5 cm³/mol. The van der Waals surface area contributed by atoms with Crippen molar-refractivity contribution >= 4 is 22.6 Å². The molecule has 1 aliphatic rings. The van der Waals surface area contributed by atoms with Gasteiger partial charge in [0.1, 0.15) is 0 Å². The molecule has 2 unspecified atom stereocenters. The molecule has 0 aliphatic heterocycles. The highest BCUT2D eigenvalue weighted by Gasteiger charge is 2.47. The van der Waals surface area contributed by atoms with E-state index in [-0.39, 0.29) is 0 Å². The van der Waals surface area contributed by atoms with Gasteiger partial charge in [-0.1, -0.05) is 50.3 Å². The van der Waals surface area contributed by atoms with Gasteiger partial charge in [-0.15, -0.1) is 0 Å². The van der Waals surface area contributed by atoms with Gasteiger partial charge < -0.3 is 0 Å². The van der Waals surface area contributed by atoms with Crippen molar-refractivity contribution in [1.29, 1.82) is 0 Å². The SMILES string of the molecule is CC(C)C1[C@@H](C)CC1(C)I. The zero-order valence-electron chi connectivity index (χ0n) is 7.32. The molecule has 1 heteroatoms. The Morgan fingerprint density at radius 1 is 1.50 bits per heavy atom. The van der Waals surface area contributed by atoms with Crippen LogP contribution in [0.2, 0.25) is 0 Å². The molecule has 0 spiro atoms. The molecule has 1 aliphatic carbocycles. The summed E-state index contributed by atoms with van der Waals surface area (Å²) in [6.45, 7) is 9.46. The Bertz CT molecular complexity index is 122. The van der Waals surface area contributed by atoms with Crippen LogP contribution >= 0.6 is 22.6 Å². The summed E-state index contributed by atoms with van der Waals surface area (Å²) in [5.41, 5.74) is 0. The predicted octanol–water partition coefficient (Wildman–Crippen LogP) is 3.49. The highest BCUT2D eigenvalue weighted by Crippen LogP contribution is 2.53. The molecule has 3 atom stereocenters. The Labute approximate surface area is 77.9 Å². The van der Waals surface area contributed by atoms with E-state index >= 15 is 0 Å². The Hall–Kier alpha value is 0.730. The first-order chi connectivity index (χ1) is 4.45. The maximum Gasteiger partial charge on any atom is 0.0230 e. The molecule has 10 heavy (non-hydrogen) atoms. The van der Waals surface area contributed by atoms with E-state index in [9.17, 15) is 0 Å². The van der Waals surface area contributed by atoms with Crippen molar-refractivity contribution < 1.29 is 0 Å². The average molecular weight is 252 g/mol. The highest BCUT2D eigenvalue weighted by atomic mass is 127. The van der Waals surface area contributed by atoms with Gasteiger partial charge in [-0.05, 0) is 24.2 Å². The molecule has 0 amide bonds. The van der Waals surface area contributed by atoms with E-state index in [1.165, 1.54) is 6.42 Å². The second-order valence-electron chi connectivity index (χ2n) is 4.23. The molecule has 0 N–H and O–H groups in total. The molecule has 1 fully saturated rings. The van der Waals surface area contributed by atoms with Crippen molar-refractivity contribution in [3.05, 3.63) is 0 Å². The van der Waals surface area contributed by atoms with Gasteiger partial charge in [0.25, 0.3) is 0 Å². The first-order valence-corrected chi connectivity index (χ1v) is 5.22. The molecule has 1 saturated carbocycles. The molecular weight excluding hydrogens is 235 g/mol. The standard InChI is InChI=1S/C9H17I/c1-6(2)8-7(3)5-9(8,4)10/h6-8H,5H2,1-4H3/t7-,8?,9?/m0/s1. The van der Waals surface area contributed by atoms with Gasteiger partial charge in [-0.2, -0.15) is 0 Å². The summed E-state index contributed by atoms with van der Waals surface area (Å²) >= 11 is 2.62. The molecule has 0 aromatic carbocycles. The van der Waals surface area contributed by atoms with E-state index in [4.69, 9.17) is 0 Å². The van der Waals surface area contributed by atoms with E-state index in [1.807, 2.05) is 0 Å². The van der Waals surface area contributed by atoms with Crippen LogP contribution in [-0.2, 0) is 0 Å². The summed E-state index contributed by atoms with van der Waals surface area (Å²) in [4.78, 5) is 0. The molecule has 1 rings (SSSR count). The number of halogens is 1. The molecule has 0 saturated heterocycles. The van der Waals surface area contributed by atoms with E-state index in [2.05, 4.69) is 50.3 Å². The van der Waals surface area contributed by atoms with Gasteiger partial charge >= 0.3 is 0 Å². The van der Waals surface area contributed by atoms with Gasteiger partial charge in [-0.3, -0.25) is 0 Å². The first kappa shape index (κ1) is 8.82. The van der Waals surface area contributed by atoms with Crippen LogP contribution in [0.3, 0.4) is 0 Å². The normalized spacial score (nSPS) is 47.4. The molecule has 0 nitrogen and oxygen atoms in total. The first-order valence-electron chi connectivity index (χ1n) is 4.14. The van der Waals surface area contributed by atoms with Crippen LogP contribution in [0.1, 0.15) is 34.1 Å². The van der Waals surface area contributed by atoms with Crippen LogP contribution in [0.4, 0.5) is 0 Å². The van der Waals surface area contributed by atoms with Gasteiger partial charge in [0.05, 0.1) is 0 Å². The number of rotatable bonds is 1. The minimum Gasteiger partial charge on any atom is -0.0788 e. The van der Waals surface area contributed by atoms with Crippen LogP contribution < -0.4 is 0 Å². The summed E-state index contributed by atoms with van der Waals surface area (Å²) in [5, 5.41) is 0. The summed E-state index contributed by atoms with van der Waals surface area (Å²) in [6, 6.07) is 0. The third kappa shape index (κ3) is 1.34. The number of alkyl halides is 1. The second-order valence-corrected chi connectivity index (χ2v) is 6.69. The largest absolute Gasteiger partial charge is 0.0788 e. The Kier molecular flexibility index (Phi) is 2.34. The van der Waals surface area contributed by atoms with Crippen molar-refractivity contribution in [1.82, 2.24) is 0 Å². The minimum atomic E-state index is 0.603. The highest BCUT2D eigenvalue weighted by molar-refractivity contribution is 14.1. The maximum absolute atomic E-state index is 2.62. The third-order valence-corrected chi connectivity index (χ3v) is 3.91. The minimum absolute atomic E-state index is 0.603. The summed E-state index contributed by atoms with van der Waals surface area (Å²) in [5.74, 6) is 2.78. The zero-order valence-corrected chi connectivity index (χ0v) is 9.47. The second kappa shape index (κ2) is 2.65. The Balaban J connectivity index is 2.57. The van der Waals surface area contributed by atoms with E-state index in [0.717, 1.165) is 17.8 Å².